The van der Waals surface area contributed by atoms with Gasteiger partial charge in [-0.05, 0) is 19.8 Å². The molecule has 1 N–H and O–H groups in total. The molecule has 8 nitrogen and oxygen atoms in total. The van der Waals surface area contributed by atoms with Crippen molar-refractivity contribution in [1.29, 1.82) is 0 Å². The first-order valence-corrected chi connectivity index (χ1v) is 10.3. The summed E-state index contributed by atoms with van der Waals surface area (Å²) >= 11 is 1.51. The lowest BCUT2D eigenvalue weighted by Crippen LogP contribution is -2.50. The van der Waals surface area contributed by atoms with Gasteiger partial charge in [-0.25, -0.2) is 4.98 Å². The Morgan fingerprint density at radius 1 is 1.25 bits per heavy atom. The molecule has 0 unspecified atom stereocenters. The number of anilines is 1. The van der Waals surface area contributed by atoms with Gasteiger partial charge in [0.2, 0.25) is 5.91 Å². The molecule has 2 amide bonds. The highest BCUT2D eigenvalue weighted by atomic mass is 32.1. The van der Waals surface area contributed by atoms with Crippen molar-refractivity contribution in [3.05, 3.63) is 27.4 Å². The predicted octanol–water partition coefficient (Wildman–Crippen LogP) is 2.34. The van der Waals surface area contributed by atoms with Crippen molar-refractivity contribution < 1.29 is 14.1 Å². The molecule has 2 aromatic heterocycles. The fourth-order valence-electron chi connectivity index (χ4n) is 3.15. The van der Waals surface area contributed by atoms with Gasteiger partial charge in [-0.1, -0.05) is 19.0 Å². The molecule has 0 bridgehead atoms. The SMILES string of the molecule is Cc1cc(NC(=O)CN2CCN(C(=O)c3sc(CC(C)C)nc3C)CC2)no1. The Kier molecular flexibility index (Phi) is 6.46. The summed E-state index contributed by atoms with van der Waals surface area (Å²) in [5.41, 5.74) is 0.815. The predicted molar refractivity (Wildman–Crippen MR) is 108 cm³/mol. The van der Waals surface area contributed by atoms with E-state index in [9.17, 15) is 9.59 Å². The van der Waals surface area contributed by atoms with Gasteiger partial charge in [0.25, 0.3) is 5.91 Å². The quantitative estimate of drug-likeness (QED) is 0.793. The summed E-state index contributed by atoms with van der Waals surface area (Å²) in [4.78, 5) is 34.2. The van der Waals surface area contributed by atoms with Crippen LogP contribution in [-0.2, 0) is 11.2 Å². The lowest BCUT2D eigenvalue weighted by Gasteiger charge is -2.34. The highest BCUT2D eigenvalue weighted by molar-refractivity contribution is 7.13. The molecule has 0 radical (unpaired) electrons. The van der Waals surface area contributed by atoms with Gasteiger partial charge in [-0.2, -0.15) is 0 Å². The van der Waals surface area contributed by atoms with E-state index in [0.717, 1.165) is 22.0 Å². The largest absolute Gasteiger partial charge is 0.360 e. The van der Waals surface area contributed by atoms with Crippen molar-refractivity contribution in [3.8, 4) is 0 Å². The van der Waals surface area contributed by atoms with Gasteiger partial charge in [0.1, 0.15) is 10.6 Å². The zero-order valence-corrected chi connectivity index (χ0v) is 17.6. The molecule has 1 aliphatic heterocycles. The Morgan fingerprint density at radius 3 is 2.57 bits per heavy atom. The summed E-state index contributed by atoms with van der Waals surface area (Å²) in [5.74, 6) is 1.51. The number of thiazole rings is 1. The Morgan fingerprint density at radius 2 is 1.96 bits per heavy atom. The molecule has 9 heteroatoms. The summed E-state index contributed by atoms with van der Waals surface area (Å²) in [6.45, 7) is 10.8. The van der Waals surface area contributed by atoms with E-state index in [1.807, 2.05) is 16.7 Å². The maximum absolute atomic E-state index is 12.9. The standard InChI is InChI=1S/C19H27N5O3S/c1-12(2)9-17-20-14(4)18(28-17)19(26)24-7-5-23(6-8-24)11-16(25)21-15-10-13(3)27-22-15/h10,12H,5-9,11H2,1-4H3,(H,21,22,25). The number of nitrogens with one attached hydrogen (secondary N) is 1. The van der Waals surface area contributed by atoms with Crippen molar-refractivity contribution in [2.75, 3.05) is 38.0 Å². The smallest absolute Gasteiger partial charge is 0.265 e. The van der Waals surface area contributed by atoms with Crippen LogP contribution in [0.1, 0.15) is 40.0 Å². The van der Waals surface area contributed by atoms with Gasteiger partial charge < -0.3 is 14.7 Å². The summed E-state index contributed by atoms with van der Waals surface area (Å²) < 4.78 is 4.94. The van der Waals surface area contributed by atoms with Gasteiger partial charge in [-0.3, -0.25) is 14.5 Å². The summed E-state index contributed by atoms with van der Waals surface area (Å²) in [7, 11) is 0. The molecule has 0 atom stereocenters. The number of carbonyl (C=O) groups excluding carboxylic acids is 2. The normalized spacial score (nSPS) is 15.2. The van der Waals surface area contributed by atoms with Crippen molar-refractivity contribution in [2.24, 2.45) is 5.92 Å². The second kappa shape index (κ2) is 8.83. The molecular weight excluding hydrogens is 378 g/mol. The maximum atomic E-state index is 12.9. The number of hydrogen-bond acceptors (Lipinski definition) is 7. The van der Waals surface area contributed by atoms with E-state index in [1.54, 1.807) is 13.0 Å². The zero-order chi connectivity index (χ0) is 20.3. The van der Waals surface area contributed by atoms with Crippen LogP contribution in [0, 0.1) is 19.8 Å². The van der Waals surface area contributed by atoms with Gasteiger partial charge in [0, 0.05) is 38.7 Å². The van der Waals surface area contributed by atoms with E-state index >= 15 is 0 Å². The molecule has 152 valence electrons. The van der Waals surface area contributed by atoms with Crippen LogP contribution in [0.2, 0.25) is 0 Å². The lowest BCUT2D eigenvalue weighted by molar-refractivity contribution is -0.117. The average molecular weight is 406 g/mol. The second-order valence-corrected chi connectivity index (χ2v) is 8.64. The molecule has 28 heavy (non-hydrogen) atoms. The first-order valence-electron chi connectivity index (χ1n) is 9.53. The van der Waals surface area contributed by atoms with E-state index in [1.165, 1.54) is 11.3 Å². The van der Waals surface area contributed by atoms with Crippen LogP contribution >= 0.6 is 11.3 Å². The Labute approximate surface area is 168 Å². The average Bonchev–Trinajstić information content (AvgIpc) is 3.19. The van der Waals surface area contributed by atoms with E-state index < -0.39 is 0 Å². The third kappa shape index (κ3) is 5.17. The lowest BCUT2D eigenvalue weighted by atomic mass is 10.1. The Hall–Kier alpha value is -2.26. The highest BCUT2D eigenvalue weighted by Gasteiger charge is 2.26. The van der Waals surface area contributed by atoms with E-state index in [0.29, 0.717) is 43.7 Å². The summed E-state index contributed by atoms with van der Waals surface area (Å²) in [6, 6.07) is 1.68. The number of piperazine rings is 1. The Bertz CT molecular complexity index is 836. The molecule has 1 fully saturated rings. The highest BCUT2D eigenvalue weighted by Crippen LogP contribution is 2.23. The van der Waals surface area contributed by atoms with Crippen molar-refractivity contribution >= 4 is 29.0 Å². The molecule has 2 aromatic rings. The van der Waals surface area contributed by atoms with E-state index in [4.69, 9.17) is 4.52 Å². The Balaban J connectivity index is 1.50. The van der Waals surface area contributed by atoms with Gasteiger partial charge in [0.15, 0.2) is 5.82 Å². The minimum atomic E-state index is -0.135. The monoisotopic (exact) mass is 405 g/mol. The number of hydrogen-bond donors (Lipinski definition) is 1. The number of aromatic nitrogens is 2. The third-order valence-corrected chi connectivity index (χ3v) is 5.71. The van der Waals surface area contributed by atoms with E-state index in [-0.39, 0.29) is 18.4 Å². The fourth-order valence-corrected chi connectivity index (χ4v) is 4.40. The van der Waals surface area contributed by atoms with Crippen LogP contribution in [-0.4, -0.2) is 64.5 Å². The van der Waals surface area contributed by atoms with Gasteiger partial charge in [-0.15, -0.1) is 11.3 Å². The minimum absolute atomic E-state index is 0.0483. The van der Waals surface area contributed by atoms with Crippen LogP contribution in [0.5, 0.6) is 0 Å². The third-order valence-electron chi connectivity index (χ3n) is 4.54. The van der Waals surface area contributed by atoms with E-state index in [2.05, 4.69) is 29.3 Å². The number of nitrogens with zero attached hydrogens (tertiary/aromatic N) is 4. The number of amides is 2. The first-order chi connectivity index (χ1) is 13.3. The van der Waals surface area contributed by atoms with Gasteiger partial charge >= 0.3 is 0 Å². The number of rotatable bonds is 6. The fraction of sp³-hybridized carbons (Fsp3) is 0.579. The van der Waals surface area contributed by atoms with Crippen molar-refractivity contribution in [2.45, 2.75) is 34.1 Å². The van der Waals surface area contributed by atoms with Crippen molar-refractivity contribution in [1.82, 2.24) is 19.9 Å². The van der Waals surface area contributed by atoms with Crippen molar-refractivity contribution in [3.63, 3.8) is 0 Å². The molecule has 3 rings (SSSR count). The molecule has 1 aliphatic rings. The van der Waals surface area contributed by atoms with Crippen LogP contribution in [0.4, 0.5) is 5.82 Å². The van der Waals surface area contributed by atoms with Crippen LogP contribution in [0.25, 0.3) is 0 Å². The molecular formula is C19H27N5O3S. The molecule has 0 spiro atoms. The first kappa shape index (κ1) is 20.5. The maximum Gasteiger partial charge on any atom is 0.265 e. The van der Waals surface area contributed by atoms with Crippen LogP contribution in [0.3, 0.4) is 0 Å². The second-order valence-electron chi connectivity index (χ2n) is 7.56. The van der Waals surface area contributed by atoms with Gasteiger partial charge in [0.05, 0.1) is 17.2 Å². The summed E-state index contributed by atoms with van der Waals surface area (Å²) in [5, 5.41) is 7.51. The minimum Gasteiger partial charge on any atom is -0.360 e. The molecule has 0 aliphatic carbocycles. The molecule has 0 saturated carbocycles. The van der Waals surface area contributed by atoms with Crippen LogP contribution < -0.4 is 5.32 Å². The number of carbonyl (C=O) groups is 2. The summed E-state index contributed by atoms with van der Waals surface area (Å²) in [6.07, 6.45) is 0.896. The van der Waals surface area contributed by atoms with Crippen LogP contribution in [0.15, 0.2) is 10.6 Å². The molecule has 0 aromatic carbocycles. The molecule has 3 heterocycles. The molecule has 1 saturated heterocycles. The number of aryl methyl sites for hydroxylation is 2. The zero-order valence-electron chi connectivity index (χ0n) is 16.8. The topological polar surface area (TPSA) is 91.6 Å².